The third-order valence-corrected chi connectivity index (χ3v) is 4.96. The van der Waals surface area contributed by atoms with Crippen molar-refractivity contribution in [3.63, 3.8) is 0 Å². The molecule has 20 heavy (non-hydrogen) atoms. The highest BCUT2D eigenvalue weighted by Gasteiger charge is 2.44. The number of benzene rings is 1. The summed E-state index contributed by atoms with van der Waals surface area (Å²) < 4.78 is 0. The van der Waals surface area contributed by atoms with E-state index in [0.29, 0.717) is 12.5 Å². The number of β-amino-alcohol motifs (C(OH)–C–C–N with tert-alkyl or cyclic N) is 1. The van der Waals surface area contributed by atoms with Gasteiger partial charge in [-0.2, -0.15) is 0 Å². The molecule has 2 aliphatic rings. The Balaban J connectivity index is 1.85. The summed E-state index contributed by atoms with van der Waals surface area (Å²) in [6, 6.07) is 7.95. The fourth-order valence-electron chi connectivity index (χ4n) is 3.66. The second-order valence-electron chi connectivity index (χ2n) is 6.67. The zero-order valence-electron chi connectivity index (χ0n) is 12.3. The summed E-state index contributed by atoms with van der Waals surface area (Å²) in [6.07, 6.45) is 4.20. The normalized spacial score (nSPS) is 23.1. The maximum Gasteiger partial charge on any atom is 0.237 e. The molecule has 0 saturated heterocycles. The van der Waals surface area contributed by atoms with E-state index < -0.39 is 11.5 Å². The molecule has 3 rings (SSSR count). The van der Waals surface area contributed by atoms with Crippen LogP contribution >= 0.6 is 0 Å². The maximum atomic E-state index is 12.6. The maximum absolute atomic E-state index is 12.6. The molecule has 3 heteroatoms. The van der Waals surface area contributed by atoms with E-state index in [9.17, 15) is 9.90 Å². The average Bonchev–Trinajstić information content (AvgIpc) is 3.02. The molecule has 0 radical (unpaired) electrons. The molecule has 1 heterocycles. The van der Waals surface area contributed by atoms with Gasteiger partial charge in [0.2, 0.25) is 5.91 Å². The zero-order chi connectivity index (χ0) is 14.3. The summed E-state index contributed by atoms with van der Waals surface area (Å²) in [5.41, 5.74) is 1.56. The van der Waals surface area contributed by atoms with Crippen LogP contribution < -0.4 is 4.90 Å². The van der Waals surface area contributed by atoms with Gasteiger partial charge >= 0.3 is 0 Å². The van der Waals surface area contributed by atoms with Crippen molar-refractivity contribution < 1.29 is 9.90 Å². The largest absolute Gasteiger partial charge is 0.391 e. The first-order valence-corrected chi connectivity index (χ1v) is 7.61. The van der Waals surface area contributed by atoms with Crippen LogP contribution in [0.1, 0.15) is 45.1 Å². The minimum absolute atomic E-state index is 0.107. The SMILES string of the molecule is CC1(C)C(=O)N(CC(O)C2CCCC2)c2ccccc21. The van der Waals surface area contributed by atoms with Crippen molar-refractivity contribution in [1.29, 1.82) is 0 Å². The zero-order valence-corrected chi connectivity index (χ0v) is 12.3. The fraction of sp³-hybridized carbons (Fsp3) is 0.588. The van der Waals surface area contributed by atoms with E-state index in [2.05, 4.69) is 0 Å². The minimum atomic E-state index is -0.480. The number of carbonyl (C=O) groups excluding carboxylic acids is 1. The van der Waals surface area contributed by atoms with Crippen molar-refractivity contribution in [1.82, 2.24) is 0 Å². The molecule has 1 saturated carbocycles. The topological polar surface area (TPSA) is 40.5 Å². The highest BCUT2D eigenvalue weighted by atomic mass is 16.3. The molecule has 1 atom stereocenters. The standard InChI is InChI=1S/C17H23NO2/c1-17(2)13-9-5-6-10-14(13)18(16(17)20)11-15(19)12-7-3-4-8-12/h5-6,9-10,12,15,19H,3-4,7-8,11H2,1-2H3. The number of hydrogen-bond acceptors (Lipinski definition) is 2. The van der Waals surface area contributed by atoms with Crippen molar-refractivity contribution in [2.45, 2.75) is 51.0 Å². The highest BCUT2D eigenvalue weighted by molar-refractivity contribution is 6.07. The second kappa shape index (κ2) is 4.88. The van der Waals surface area contributed by atoms with E-state index in [-0.39, 0.29) is 5.91 Å². The lowest BCUT2D eigenvalue weighted by atomic mass is 9.86. The van der Waals surface area contributed by atoms with Gasteiger partial charge < -0.3 is 10.0 Å². The first-order chi connectivity index (χ1) is 9.51. The molecule has 1 aliphatic heterocycles. The van der Waals surface area contributed by atoms with E-state index in [1.165, 1.54) is 12.8 Å². The number of anilines is 1. The van der Waals surface area contributed by atoms with Gasteiger partial charge in [0.15, 0.2) is 0 Å². The Morgan fingerprint density at radius 3 is 2.65 bits per heavy atom. The summed E-state index contributed by atoms with van der Waals surface area (Å²) >= 11 is 0. The van der Waals surface area contributed by atoms with Crippen molar-refractivity contribution in [2.75, 3.05) is 11.4 Å². The lowest BCUT2D eigenvalue weighted by molar-refractivity contribution is -0.122. The number of carbonyl (C=O) groups is 1. The van der Waals surface area contributed by atoms with Crippen molar-refractivity contribution in [3.8, 4) is 0 Å². The van der Waals surface area contributed by atoms with E-state index >= 15 is 0 Å². The van der Waals surface area contributed by atoms with Crippen LogP contribution in [-0.2, 0) is 10.2 Å². The lowest BCUT2D eigenvalue weighted by Crippen LogP contribution is -2.42. The molecule has 0 aromatic heterocycles. The molecule has 1 fully saturated rings. The molecule has 1 unspecified atom stereocenters. The van der Waals surface area contributed by atoms with Gasteiger partial charge in [-0.25, -0.2) is 0 Å². The Bertz CT molecular complexity index is 517. The molecule has 1 aromatic carbocycles. The molecule has 0 spiro atoms. The number of fused-ring (bicyclic) bond motifs is 1. The van der Waals surface area contributed by atoms with Crippen LogP contribution in [0, 0.1) is 5.92 Å². The smallest absolute Gasteiger partial charge is 0.237 e. The molecule has 1 aromatic rings. The fourth-order valence-corrected chi connectivity index (χ4v) is 3.66. The van der Waals surface area contributed by atoms with Crippen LogP contribution in [0.5, 0.6) is 0 Å². The van der Waals surface area contributed by atoms with Gasteiger partial charge in [-0.1, -0.05) is 31.0 Å². The molecule has 1 aliphatic carbocycles. The van der Waals surface area contributed by atoms with E-state index in [1.54, 1.807) is 4.90 Å². The Morgan fingerprint density at radius 1 is 1.30 bits per heavy atom. The summed E-state index contributed by atoms with van der Waals surface area (Å²) in [5.74, 6) is 0.467. The molecule has 1 amide bonds. The Labute approximate surface area is 120 Å². The van der Waals surface area contributed by atoms with Gasteiger partial charge in [0.05, 0.1) is 18.1 Å². The monoisotopic (exact) mass is 273 g/mol. The number of amides is 1. The van der Waals surface area contributed by atoms with Gasteiger partial charge in [-0.3, -0.25) is 4.79 Å². The van der Waals surface area contributed by atoms with E-state index in [0.717, 1.165) is 24.1 Å². The van der Waals surface area contributed by atoms with E-state index in [1.807, 2.05) is 38.1 Å². The molecule has 108 valence electrons. The lowest BCUT2D eigenvalue weighted by Gasteiger charge is -2.26. The Hall–Kier alpha value is -1.35. The molecule has 3 nitrogen and oxygen atoms in total. The van der Waals surface area contributed by atoms with Crippen LogP contribution in [0.2, 0.25) is 0 Å². The van der Waals surface area contributed by atoms with Crippen LogP contribution in [0.15, 0.2) is 24.3 Å². The number of rotatable bonds is 3. The molecule has 0 bridgehead atoms. The Morgan fingerprint density at radius 2 is 1.95 bits per heavy atom. The minimum Gasteiger partial charge on any atom is -0.391 e. The highest BCUT2D eigenvalue weighted by Crippen LogP contribution is 2.41. The number of aliphatic hydroxyl groups excluding tert-OH is 1. The van der Waals surface area contributed by atoms with Crippen molar-refractivity contribution >= 4 is 11.6 Å². The summed E-state index contributed by atoms with van der Waals surface area (Å²) in [6.45, 7) is 4.37. The number of para-hydroxylation sites is 1. The van der Waals surface area contributed by atoms with Crippen LogP contribution in [0.3, 0.4) is 0 Å². The molecular weight excluding hydrogens is 250 g/mol. The quantitative estimate of drug-likeness (QED) is 0.920. The van der Waals surface area contributed by atoms with Gasteiger partial charge in [0.25, 0.3) is 0 Å². The summed E-state index contributed by atoms with van der Waals surface area (Å²) in [7, 11) is 0. The van der Waals surface area contributed by atoms with Gasteiger partial charge in [-0.15, -0.1) is 0 Å². The average molecular weight is 273 g/mol. The predicted octanol–water partition coefficient (Wildman–Crippen LogP) is 2.86. The van der Waals surface area contributed by atoms with Gasteiger partial charge in [-0.05, 0) is 44.2 Å². The Kier molecular flexibility index (Phi) is 3.33. The van der Waals surface area contributed by atoms with Crippen molar-refractivity contribution in [2.24, 2.45) is 5.92 Å². The molecule has 1 N–H and O–H groups in total. The van der Waals surface area contributed by atoms with Gasteiger partial charge in [0.1, 0.15) is 0 Å². The van der Waals surface area contributed by atoms with Crippen LogP contribution in [0.4, 0.5) is 5.69 Å². The number of hydrogen-bond donors (Lipinski definition) is 1. The van der Waals surface area contributed by atoms with Crippen molar-refractivity contribution in [3.05, 3.63) is 29.8 Å². The van der Waals surface area contributed by atoms with Gasteiger partial charge in [0, 0.05) is 5.69 Å². The van der Waals surface area contributed by atoms with E-state index in [4.69, 9.17) is 0 Å². The third-order valence-electron chi connectivity index (χ3n) is 4.96. The second-order valence-corrected chi connectivity index (χ2v) is 6.67. The predicted molar refractivity (Wildman–Crippen MR) is 79.8 cm³/mol. The van der Waals surface area contributed by atoms with Crippen LogP contribution in [0.25, 0.3) is 0 Å². The molecular formula is C17H23NO2. The summed E-state index contributed by atoms with van der Waals surface area (Å²) in [5, 5.41) is 10.4. The first kappa shape index (κ1) is 13.6. The van der Waals surface area contributed by atoms with Crippen LogP contribution in [-0.4, -0.2) is 23.7 Å². The summed E-state index contributed by atoms with van der Waals surface area (Å²) in [4.78, 5) is 14.4. The third kappa shape index (κ3) is 2.05. The first-order valence-electron chi connectivity index (χ1n) is 7.61. The number of nitrogens with zero attached hydrogens (tertiary/aromatic N) is 1. The number of aliphatic hydroxyl groups is 1.